The Morgan fingerprint density at radius 2 is 1.88 bits per heavy atom. The van der Waals surface area contributed by atoms with E-state index >= 15 is 0 Å². The number of carbonyl (C=O) groups is 1. The molecule has 1 fully saturated rings. The van der Waals surface area contributed by atoms with E-state index in [4.69, 9.17) is 16.3 Å². The third-order valence-corrected chi connectivity index (χ3v) is 4.09. The molecule has 1 atom stereocenters. The van der Waals surface area contributed by atoms with E-state index in [0.717, 1.165) is 30.8 Å². The highest BCUT2D eigenvalue weighted by Crippen LogP contribution is 2.19. The van der Waals surface area contributed by atoms with Crippen LogP contribution in [0.5, 0.6) is 0 Å². The SMILES string of the molecule is Cl.O=C(NCc1ccc(C2CNCCO2)cc1)c1ccc(Cl)cc1. The van der Waals surface area contributed by atoms with Gasteiger partial charge in [0.1, 0.15) is 0 Å². The normalized spacial score (nSPS) is 17.0. The molecule has 2 aromatic carbocycles. The summed E-state index contributed by atoms with van der Waals surface area (Å²) in [5, 5.41) is 6.85. The maximum absolute atomic E-state index is 12.1. The van der Waals surface area contributed by atoms with E-state index in [9.17, 15) is 4.79 Å². The van der Waals surface area contributed by atoms with Crippen LogP contribution in [0.25, 0.3) is 0 Å². The Morgan fingerprint density at radius 3 is 2.50 bits per heavy atom. The fourth-order valence-corrected chi connectivity index (χ4v) is 2.64. The van der Waals surface area contributed by atoms with Crippen molar-refractivity contribution in [3.05, 3.63) is 70.2 Å². The van der Waals surface area contributed by atoms with E-state index < -0.39 is 0 Å². The fraction of sp³-hybridized carbons (Fsp3) is 0.278. The van der Waals surface area contributed by atoms with Crippen molar-refractivity contribution >= 4 is 29.9 Å². The summed E-state index contributed by atoms with van der Waals surface area (Å²) in [6, 6.07) is 15.0. The van der Waals surface area contributed by atoms with Crippen molar-refractivity contribution < 1.29 is 9.53 Å². The van der Waals surface area contributed by atoms with Gasteiger partial charge in [-0.15, -0.1) is 12.4 Å². The first-order valence-electron chi connectivity index (χ1n) is 7.67. The summed E-state index contributed by atoms with van der Waals surface area (Å²) in [5.41, 5.74) is 2.82. The van der Waals surface area contributed by atoms with Gasteiger partial charge in [0.25, 0.3) is 5.91 Å². The van der Waals surface area contributed by atoms with Gasteiger partial charge >= 0.3 is 0 Å². The average molecular weight is 367 g/mol. The van der Waals surface area contributed by atoms with Gasteiger partial charge in [0.2, 0.25) is 0 Å². The van der Waals surface area contributed by atoms with E-state index in [0.29, 0.717) is 17.1 Å². The lowest BCUT2D eigenvalue weighted by Gasteiger charge is -2.24. The molecule has 1 heterocycles. The minimum Gasteiger partial charge on any atom is -0.371 e. The van der Waals surface area contributed by atoms with Crippen LogP contribution in [0.1, 0.15) is 27.6 Å². The summed E-state index contributed by atoms with van der Waals surface area (Å²) in [5.74, 6) is -0.106. The molecular weight excluding hydrogens is 347 g/mol. The highest BCUT2D eigenvalue weighted by Gasteiger charge is 2.15. The van der Waals surface area contributed by atoms with Crippen LogP contribution in [0.4, 0.5) is 0 Å². The van der Waals surface area contributed by atoms with Gasteiger partial charge in [-0.3, -0.25) is 4.79 Å². The van der Waals surface area contributed by atoms with E-state index in [1.165, 1.54) is 0 Å². The molecule has 0 aliphatic carbocycles. The van der Waals surface area contributed by atoms with Gasteiger partial charge in [-0.25, -0.2) is 0 Å². The van der Waals surface area contributed by atoms with Crippen molar-refractivity contribution in [1.82, 2.24) is 10.6 Å². The Bertz CT molecular complexity index is 654. The number of benzene rings is 2. The van der Waals surface area contributed by atoms with Crippen LogP contribution in [-0.2, 0) is 11.3 Å². The minimum absolute atomic E-state index is 0. The zero-order valence-corrected chi connectivity index (χ0v) is 14.7. The van der Waals surface area contributed by atoms with Crippen molar-refractivity contribution in [2.24, 2.45) is 0 Å². The quantitative estimate of drug-likeness (QED) is 0.872. The third-order valence-electron chi connectivity index (χ3n) is 3.84. The fourth-order valence-electron chi connectivity index (χ4n) is 2.52. The predicted molar refractivity (Wildman–Crippen MR) is 97.9 cm³/mol. The first-order valence-corrected chi connectivity index (χ1v) is 8.05. The average Bonchev–Trinajstić information content (AvgIpc) is 2.61. The molecule has 128 valence electrons. The van der Waals surface area contributed by atoms with Crippen LogP contribution >= 0.6 is 24.0 Å². The molecule has 3 rings (SSSR count). The van der Waals surface area contributed by atoms with Crippen LogP contribution in [0, 0.1) is 0 Å². The zero-order valence-electron chi connectivity index (χ0n) is 13.1. The number of hydrogen-bond acceptors (Lipinski definition) is 3. The molecule has 6 heteroatoms. The smallest absolute Gasteiger partial charge is 0.251 e. The van der Waals surface area contributed by atoms with Gasteiger partial charge in [-0.2, -0.15) is 0 Å². The molecule has 2 aromatic rings. The van der Waals surface area contributed by atoms with Gasteiger partial charge in [-0.1, -0.05) is 35.9 Å². The van der Waals surface area contributed by atoms with E-state index in [-0.39, 0.29) is 24.4 Å². The van der Waals surface area contributed by atoms with Crippen molar-refractivity contribution in [3.63, 3.8) is 0 Å². The second kappa shape index (κ2) is 9.04. The van der Waals surface area contributed by atoms with E-state index in [2.05, 4.69) is 22.8 Å². The van der Waals surface area contributed by atoms with Crippen molar-refractivity contribution in [2.45, 2.75) is 12.6 Å². The highest BCUT2D eigenvalue weighted by molar-refractivity contribution is 6.30. The third kappa shape index (κ3) is 4.95. The van der Waals surface area contributed by atoms with Gasteiger partial charge < -0.3 is 15.4 Å². The molecule has 0 spiro atoms. The summed E-state index contributed by atoms with van der Waals surface area (Å²) in [6.45, 7) is 2.98. The van der Waals surface area contributed by atoms with Crippen LogP contribution in [0.2, 0.25) is 5.02 Å². The zero-order chi connectivity index (χ0) is 16.1. The number of rotatable bonds is 4. The summed E-state index contributed by atoms with van der Waals surface area (Å²) < 4.78 is 5.73. The number of nitrogens with one attached hydrogen (secondary N) is 2. The Labute approximate surface area is 153 Å². The largest absolute Gasteiger partial charge is 0.371 e. The molecule has 0 aromatic heterocycles. The second-order valence-corrected chi connectivity index (χ2v) is 5.93. The minimum atomic E-state index is -0.106. The van der Waals surface area contributed by atoms with Crippen molar-refractivity contribution in [1.29, 1.82) is 0 Å². The van der Waals surface area contributed by atoms with Crippen molar-refractivity contribution in [2.75, 3.05) is 19.7 Å². The molecule has 0 radical (unpaired) electrons. The van der Waals surface area contributed by atoms with Crippen LogP contribution in [0.15, 0.2) is 48.5 Å². The van der Waals surface area contributed by atoms with Crippen LogP contribution < -0.4 is 10.6 Å². The number of morpholine rings is 1. The van der Waals surface area contributed by atoms with E-state index in [1.54, 1.807) is 24.3 Å². The first kappa shape index (κ1) is 18.7. The molecule has 4 nitrogen and oxygen atoms in total. The van der Waals surface area contributed by atoms with Gasteiger partial charge in [0.15, 0.2) is 0 Å². The summed E-state index contributed by atoms with van der Waals surface area (Å²) in [6.07, 6.45) is 0.112. The van der Waals surface area contributed by atoms with Crippen LogP contribution in [0.3, 0.4) is 0 Å². The summed E-state index contributed by atoms with van der Waals surface area (Å²) in [7, 11) is 0. The molecule has 0 bridgehead atoms. The lowest BCUT2D eigenvalue weighted by molar-refractivity contribution is 0.0277. The van der Waals surface area contributed by atoms with E-state index in [1.807, 2.05) is 12.1 Å². The first-order chi connectivity index (χ1) is 11.2. The molecule has 24 heavy (non-hydrogen) atoms. The van der Waals surface area contributed by atoms with Crippen LogP contribution in [-0.4, -0.2) is 25.6 Å². The molecule has 2 N–H and O–H groups in total. The Morgan fingerprint density at radius 1 is 1.17 bits per heavy atom. The molecular formula is C18H20Cl2N2O2. The summed E-state index contributed by atoms with van der Waals surface area (Å²) >= 11 is 5.82. The molecule has 1 unspecified atom stereocenters. The lowest BCUT2D eigenvalue weighted by atomic mass is 10.1. The maximum atomic E-state index is 12.1. The maximum Gasteiger partial charge on any atom is 0.251 e. The van der Waals surface area contributed by atoms with Gasteiger partial charge in [0.05, 0.1) is 12.7 Å². The number of hydrogen-bond donors (Lipinski definition) is 2. The molecule has 1 aliphatic heterocycles. The van der Waals surface area contributed by atoms with Gasteiger partial charge in [-0.05, 0) is 35.4 Å². The van der Waals surface area contributed by atoms with Crippen molar-refractivity contribution in [3.8, 4) is 0 Å². The number of amides is 1. The standard InChI is InChI=1S/C18H19ClN2O2.ClH/c19-16-7-5-15(6-8-16)18(22)21-11-13-1-3-14(4-2-13)17-12-20-9-10-23-17;/h1-8,17,20H,9-12H2,(H,21,22);1H. The molecule has 1 aliphatic rings. The monoisotopic (exact) mass is 366 g/mol. The molecule has 0 saturated carbocycles. The molecule has 1 saturated heterocycles. The number of halogens is 2. The Hall–Kier alpha value is -1.59. The highest BCUT2D eigenvalue weighted by atomic mass is 35.5. The number of carbonyl (C=O) groups excluding carboxylic acids is 1. The predicted octanol–water partition coefficient (Wildman–Crippen LogP) is 3.35. The lowest BCUT2D eigenvalue weighted by Crippen LogP contribution is -2.33. The Kier molecular flexibility index (Phi) is 7.06. The Balaban J connectivity index is 0.00000208. The molecule has 1 amide bonds. The second-order valence-electron chi connectivity index (χ2n) is 5.49. The topological polar surface area (TPSA) is 50.4 Å². The van der Waals surface area contributed by atoms with Gasteiger partial charge in [0, 0.05) is 30.2 Å². The summed E-state index contributed by atoms with van der Waals surface area (Å²) in [4.78, 5) is 12.1. The number of ether oxygens (including phenoxy) is 1.